The van der Waals surface area contributed by atoms with E-state index in [9.17, 15) is 0 Å². The Hall–Kier alpha value is -0.120. The third-order valence-corrected chi connectivity index (χ3v) is 3.43. The van der Waals surface area contributed by atoms with E-state index in [0.29, 0.717) is 12.1 Å². The van der Waals surface area contributed by atoms with Crippen molar-refractivity contribution in [1.29, 1.82) is 0 Å². The number of ether oxygens (including phenoxy) is 2. The van der Waals surface area contributed by atoms with E-state index < -0.39 is 0 Å². The Balaban J connectivity index is 2.31. The largest absolute Gasteiger partial charge is 0.379 e. The maximum Gasteiger partial charge on any atom is 0.0729 e. The summed E-state index contributed by atoms with van der Waals surface area (Å²) in [7, 11) is 0. The lowest BCUT2D eigenvalue weighted by molar-refractivity contribution is -0.0177. The first-order chi connectivity index (χ1) is 8.38. The highest BCUT2D eigenvalue weighted by molar-refractivity contribution is 4.79. The number of hydrogen-bond acceptors (Lipinski definition) is 3. The van der Waals surface area contributed by atoms with E-state index in [0.717, 1.165) is 26.4 Å². The van der Waals surface area contributed by atoms with E-state index in [1.807, 2.05) is 6.92 Å². The highest BCUT2D eigenvalue weighted by atomic mass is 16.5. The van der Waals surface area contributed by atoms with Crippen LogP contribution < -0.4 is 5.32 Å². The van der Waals surface area contributed by atoms with E-state index in [4.69, 9.17) is 9.47 Å². The van der Waals surface area contributed by atoms with Gasteiger partial charge >= 0.3 is 0 Å². The predicted molar refractivity (Wildman–Crippen MR) is 71.4 cm³/mol. The molecule has 0 aromatic heterocycles. The summed E-state index contributed by atoms with van der Waals surface area (Å²) in [5.74, 6) is 0. The topological polar surface area (TPSA) is 30.5 Å². The molecule has 0 saturated heterocycles. The van der Waals surface area contributed by atoms with Crippen LogP contribution in [0.25, 0.3) is 0 Å². The van der Waals surface area contributed by atoms with E-state index in [1.54, 1.807) is 0 Å². The van der Waals surface area contributed by atoms with Gasteiger partial charge in [0.2, 0.25) is 0 Å². The lowest BCUT2D eigenvalue weighted by Crippen LogP contribution is -2.42. The summed E-state index contributed by atoms with van der Waals surface area (Å²) in [6.07, 6.45) is 8.23. The summed E-state index contributed by atoms with van der Waals surface area (Å²) >= 11 is 0. The Labute approximate surface area is 106 Å². The fourth-order valence-corrected chi connectivity index (χ4v) is 2.55. The van der Waals surface area contributed by atoms with Crippen LogP contribution in [0.15, 0.2) is 0 Å². The van der Waals surface area contributed by atoms with E-state index in [-0.39, 0.29) is 0 Å². The van der Waals surface area contributed by atoms with Crippen LogP contribution in [0.3, 0.4) is 0 Å². The molecule has 1 fully saturated rings. The van der Waals surface area contributed by atoms with Crippen LogP contribution in [0.2, 0.25) is 0 Å². The molecule has 3 heteroatoms. The Morgan fingerprint density at radius 1 is 1.00 bits per heavy atom. The summed E-state index contributed by atoms with van der Waals surface area (Å²) in [4.78, 5) is 0. The molecule has 0 aromatic rings. The smallest absolute Gasteiger partial charge is 0.0729 e. The standard InChI is InChI=1S/C14H29NO2/c1-3-15-13-9-7-5-6-8-10-14(13)17-12-11-16-4-2/h13-15H,3-12H2,1-2H3. The molecule has 2 unspecified atom stereocenters. The van der Waals surface area contributed by atoms with Crippen LogP contribution in [-0.2, 0) is 9.47 Å². The molecule has 2 atom stereocenters. The van der Waals surface area contributed by atoms with Crippen molar-refractivity contribution in [3.8, 4) is 0 Å². The van der Waals surface area contributed by atoms with Crippen molar-refractivity contribution in [2.45, 2.75) is 64.5 Å². The minimum absolute atomic E-state index is 0.385. The van der Waals surface area contributed by atoms with Gasteiger partial charge in [-0.1, -0.05) is 32.6 Å². The number of hydrogen-bond donors (Lipinski definition) is 1. The zero-order valence-electron chi connectivity index (χ0n) is 11.5. The van der Waals surface area contributed by atoms with Crippen molar-refractivity contribution in [3.63, 3.8) is 0 Å². The molecule has 0 heterocycles. The number of rotatable bonds is 7. The molecule has 1 aliphatic rings. The van der Waals surface area contributed by atoms with Gasteiger partial charge in [0, 0.05) is 12.6 Å². The van der Waals surface area contributed by atoms with Crippen molar-refractivity contribution in [1.82, 2.24) is 5.32 Å². The molecule has 1 rings (SSSR count). The number of nitrogens with one attached hydrogen (secondary N) is 1. The molecule has 0 amide bonds. The normalized spacial score (nSPS) is 26.5. The first-order valence-corrected chi connectivity index (χ1v) is 7.31. The Kier molecular flexibility index (Phi) is 8.67. The van der Waals surface area contributed by atoms with Crippen LogP contribution in [0.4, 0.5) is 0 Å². The second-order valence-electron chi connectivity index (χ2n) is 4.76. The van der Waals surface area contributed by atoms with Crippen molar-refractivity contribution in [2.75, 3.05) is 26.4 Å². The molecule has 0 spiro atoms. The molecule has 0 aromatic carbocycles. The molecule has 3 nitrogen and oxygen atoms in total. The van der Waals surface area contributed by atoms with Crippen LogP contribution in [0.5, 0.6) is 0 Å². The summed E-state index contributed by atoms with van der Waals surface area (Å²) < 4.78 is 11.3. The van der Waals surface area contributed by atoms with Crippen molar-refractivity contribution in [2.24, 2.45) is 0 Å². The molecule has 102 valence electrons. The second kappa shape index (κ2) is 9.86. The average Bonchev–Trinajstić information content (AvgIpc) is 2.31. The van der Waals surface area contributed by atoms with Crippen LogP contribution in [-0.4, -0.2) is 38.5 Å². The van der Waals surface area contributed by atoms with Gasteiger partial charge in [0.15, 0.2) is 0 Å². The second-order valence-corrected chi connectivity index (χ2v) is 4.76. The fraction of sp³-hybridized carbons (Fsp3) is 1.00. The minimum atomic E-state index is 0.385. The lowest BCUT2D eigenvalue weighted by Gasteiger charge is -2.30. The maximum absolute atomic E-state index is 6.00. The Morgan fingerprint density at radius 3 is 2.47 bits per heavy atom. The highest BCUT2D eigenvalue weighted by Crippen LogP contribution is 2.20. The van der Waals surface area contributed by atoms with Gasteiger partial charge in [-0.3, -0.25) is 0 Å². The summed E-state index contributed by atoms with van der Waals surface area (Å²) in [6, 6.07) is 0.543. The molecule has 1 aliphatic carbocycles. The minimum Gasteiger partial charge on any atom is -0.379 e. The SMILES string of the molecule is CCNC1CCCCCCC1OCCOCC. The molecule has 0 bridgehead atoms. The fourth-order valence-electron chi connectivity index (χ4n) is 2.55. The zero-order chi connectivity index (χ0) is 12.3. The number of likely N-dealkylation sites (N-methyl/N-ethyl adjacent to an activating group) is 1. The summed E-state index contributed by atoms with van der Waals surface area (Å²) in [6.45, 7) is 7.49. The van der Waals surface area contributed by atoms with E-state index >= 15 is 0 Å². The van der Waals surface area contributed by atoms with Gasteiger partial charge in [0.1, 0.15) is 0 Å². The third kappa shape index (κ3) is 6.39. The van der Waals surface area contributed by atoms with Gasteiger partial charge in [0.05, 0.1) is 19.3 Å². The lowest BCUT2D eigenvalue weighted by atomic mass is 9.94. The maximum atomic E-state index is 6.00. The highest BCUT2D eigenvalue weighted by Gasteiger charge is 2.22. The first-order valence-electron chi connectivity index (χ1n) is 7.31. The van der Waals surface area contributed by atoms with E-state index in [1.165, 1.54) is 38.5 Å². The third-order valence-electron chi connectivity index (χ3n) is 3.43. The van der Waals surface area contributed by atoms with Gasteiger partial charge in [0.25, 0.3) is 0 Å². The van der Waals surface area contributed by atoms with Crippen molar-refractivity contribution < 1.29 is 9.47 Å². The van der Waals surface area contributed by atoms with Crippen LogP contribution >= 0.6 is 0 Å². The van der Waals surface area contributed by atoms with Gasteiger partial charge in [-0.05, 0) is 26.3 Å². The summed E-state index contributed by atoms with van der Waals surface area (Å²) in [5.41, 5.74) is 0. The van der Waals surface area contributed by atoms with Crippen molar-refractivity contribution >= 4 is 0 Å². The van der Waals surface area contributed by atoms with Gasteiger partial charge in [-0.25, -0.2) is 0 Å². The van der Waals surface area contributed by atoms with Crippen LogP contribution in [0.1, 0.15) is 52.4 Å². The predicted octanol–water partition coefficient (Wildman–Crippen LogP) is 2.74. The molecule has 0 aliphatic heterocycles. The molecule has 1 saturated carbocycles. The molecule has 1 N–H and O–H groups in total. The Bertz CT molecular complexity index is 176. The van der Waals surface area contributed by atoms with E-state index in [2.05, 4.69) is 12.2 Å². The quantitative estimate of drug-likeness (QED) is 0.697. The van der Waals surface area contributed by atoms with Gasteiger partial charge < -0.3 is 14.8 Å². The zero-order valence-corrected chi connectivity index (χ0v) is 11.5. The molecule has 17 heavy (non-hydrogen) atoms. The first kappa shape index (κ1) is 14.9. The summed E-state index contributed by atoms with van der Waals surface area (Å²) in [5, 5.41) is 3.58. The van der Waals surface area contributed by atoms with Crippen LogP contribution in [0, 0.1) is 0 Å². The molecular weight excluding hydrogens is 214 g/mol. The average molecular weight is 243 g/mol. The Morgan fingerprint density at radius 2 is 1.76 bits per heavy atom. The molecular formula is C14H29NO2. The van der Waals surface area contributed by atoms with Crippen molar-refractivity contribution in [3.05, 3.63) is 0 Å². The van der Waals surface area contributed by atoms with Gasteiger partial charge in [-0.15, -0.1) is 0 Å². The monoisotopic (exact) mass is 243 g/mol. The van der Waals surface area contributed by atoms with Gasteiger partial charge in [-0.2, -0.15) is 0 Å². The molecule has 0 radical (unpaired) electrons.